The van der Waals surface area contributed by atoms with Crippen molar-refractivity contribution in [3.05, 3.63) is 39.9 Å². The minimum atomic E-state index is -0.703. The molecule has 2 aromatic heterocycles. The van der Waals surface area contributed by atoms with Gasteiger partial charge in [-0.3, -0.25) is 4.79 Å². The number of pyridine rings is 1. The summed E-state index contributed by atoms with van der Waals surface area (Å²) >= 11 is 0. The molecule has 0 spiro atoms. The van der Waals surface area contributed by atoms with E-state index >= 15 is 0 Å². The van der Waals surface area contributed by atoms with Crippen LogP contribution in [0.1, 0.15) is 22.8 Å². The minimum absolute atomic E-state index is 0.0592. The number of esters is 1. The van der Waals surface area contributed by atoms with Crippen molar-refractivity contribution in [1.29, 1.82) is 5.26 Å². The van der Waals surface area contributed by atoms with E-state index in [0.29, 0.717) is 11.5 Å². The van der Waals surface area contributed by atoms with E-state index in [2.05, 4.69) is 9.97 Å². The molecule has 2 rings (SSSR count). The number of aromatic amines is 1. The quantitative estimate of drug-likeness (QED) is 0.834. The van der Waals surface area contributed by atoms with Gasteiger partial charge in [0.2, 0.25) is 0 Å². The number of aryl methyl sites for hydroxylation is 1. The van der Waals surface area contributed by atoms with Gasteiger partial charge < -0.3 is 14.3 Å². The molecule has 0 aliphatic rings. The second-order valence-electron chi connectivity index (χ2n) is 3.99. The van der Waals surface area contributed by atoms with E-state index in [1.165, 1.54) is 6.07 Å². The molecule has 2 heterocycles. The summed E-state index contributed by atoms with van der Waals surface area (Å²) in [4.78, 5) is 30.3. The number of hydrogen-bond acceptors (Lipinski definition) is 5. The average Bonchev–Trinajstić information content (AvgIpc) is 2.84. The Hall–Kier alpha value is -2.88. The van der Waals surface area contributed by atoms with Crippen molar-refractivity contribution in [2.75, 3.05) is 6.61 Å². The Balaban J connectivity index is 2.65. The number of imidazole rings is 1. The number of H-pyrrole nitrogens is 1. The van der Waals surface area contributed by atoms with Crippen LogP contribution in [-0.2, 0) is 11.8 Å². The van der Waals surface area contributed by atoms with Gasteiger partial charge in [-0.05, 0) is 13.0 Å². The maximum atomic E-state index is 11.9. The third-order valence-electron chi connectivity index (χ3n) is 2.70. The van der Waals surface area contributed by atoms with E-state index in [0.717, 1.165) is 0 Å². The highest BCUT2D eigenvalue weighted by atomic mass is 16.5. The maximum absolute atomic E-state index is 11.9. The number of nitrogens with one attached hydrogen (secondary N) is 1. The van der Waals surface area contributed by atoms with Crippen LogP contribution in [-0.4, -0.2) is 27.1 Å². The molecular weight excluding hydrogens is 260 g/mol. The number of aromatic nitrogens is 3. The van der Waals surface area contributed by atoms with Crippen molar-refractivity contribution in [2.24, 2.45) is 7.05 Å². The fourth-order valence-corrected chi connectivity index (χ4v) is 1.79. The second-order valence-corrected chi connectivity index (χ2v) is 3.99. The predicted molar refractivity (Wildman–Crippen MR) is 69.9 cm³/mol. The van der Waals surface area contributed by atoms with E-state index in [1.807, 2.05) is 0 Å². The van der Waals surface area contributed by atoms with Crippen molar-refractivity contribution >= 4 is 5.97 Å². The molecule has 0 bridgehead atoms. The minimum Gasteiger partial charge on any atom is -0.462 e. The summed E-state index contributed by atoms with van der Waals surface area (Å²) in [5.74, 6) is -0.220. The molecule has 20 heavy (non-hydrogen) atoms. The van der Waals surface area contributed by atoms with Crippen molar-refractivity contribution in [1.82, 2.24) is 14.5 Å². The zero-order chi connectivity index (χ0) is 14.7. The van der Waals surface area contributed by atoms with Gasteiger partial charge in [0.25, 0.3) is 5.56 Å². The van der Waals surface area contributed by atoms with E-state index in [1.54, 1.807) is 37.0 Å². The Morgan fingerprint density at radius 3 is 2.90 bits per heavy atom. The third-order valence-corrected chi connectivity index (χ3v) is 2.70. The van der Waals surface area contributed by atoms with Gasteiger partial charge in [-0.2, -0.15) is 5.26 Å². The summed E-state index contributed by atoms with van der Waals surface area (Å²) < 4.78 is 6.54. The number of carbonyl (C=O) groups excluding carboxylic acids is 1. The lowest BCUT2D eigenvalue weighted by molar-refractivity contribution is 0.0525. The maximum Gasteiger partial charge on any atom is 0.339 e. The smallest absolute Gasteiger partial charge is 0.339 e. The van der Waals surface area contributed by atoms with Crippen LogP contribution in [0, 0.1) is 11.3 Å². The molecule has 7 nitrogen and oxygen atoms in total. The van der Waals surface area contributed by atoms with E-state index in [9.17, 15) is 9.59 Å². The molecule has 0 radical (unpaired) electrons. The standard InChI is InChI=1S/C13H12N4O3/c1-3-20-13(19)8-6-10(11-15-4-5-17(11)2)16-12(18)9(8)7-14/h4-6H,3H2,1-2H3,(H,16,18). The van der Waals surface area contributed by atoms with Gasteiger partial charge in [0.1, 0.15) is 11.6 Å². The van der Waals surface area contributed by atoms with E-state index in [4.69, 9.17) is 10.00 Å². The Labute approximate surface area is 114 Å². The van der Waals surface area contributed by atoms with Crippen LogP contribution in [0.2, 0.25) is 0 Å². The molecule has 0 fully saturated rings. The molecule has 0 atom stereocenters. The Morgan fingerprint density at radius 1 is 1.60 bits per heavy atom. The van der Waals surface area contributed by atoms with Gasteiger partial charge >= 0.3 is 5.97 Å². The summed E-state index contributed by atoms with van der Waals surface area (Å²) in [6, 6.07) is 3.12. The molecule has 7 heteroatoms. The fourth-order valence-electron chi connectivity index (χ4n) is 1.79. The molecule has 0 amide bonds. The van der Waals surface area contributed by atoms with Crippen LogP contribution in [0.25, 0.3) is 11.5 Å². The summed E-state index contributed by atoms with van der Waals surface area (Å²) in [5.41, 5.74) is -0.613. The van der Waals surface area contributed by atoms with Crippen LogP contribution < -0.4 is 5.56 Å². The van der Waals surface area contributed by atoms with Crippen LogP contribution in [0.5, 0.6) is 0 Å². The molecule has 0 saturated carbocycles. The zero-order valence-electron chi connectivity index (χ0n) is 11.0. The molecule has 0 aliphatic heterocycles. The third kappa shape index (κ3) is 2.31. The second kappa shape index (κ2) is 5.40. The number of hydrogen-bond donors (Lipinski definition) is 1. The molecule has 102 valence electrons. The van der Waals surface area contributed by atoms with Crippen LogP contribution in [0.15, 0.2) is 23.3 Å². The van der Waals surface area contributed by atoms with Gasteiger partial charge in [0.15, 0.2) is 5.82 Å². The first-order chi connectivity index (χ1) is 9.58. The summed E-state index contributed by atoms with van der Waals surface area (Å²) in [7, 11) is 1.75. The number of nitrogens with zero attached hydrogens (tertiary/aromatic N) is 3. The van der Waals surface area contributed by atoms with Crippen LogP contribution in [0.4, 0.5) is 0 Å². The molecule has 0 aromatic carbocycles. The Bertz CT molecular complexity index is 752. The predicted octanol–water partition coefficient (Wildman–Crippen LogP) is 0.824. The van der Waals surface area contributed by atoms with Crippen LogP contribution >= 0.6 is 0 Å². The fraction of sp³-hybridized carbons (Fsp3) is 0.231. The first-order valence-corrected chi connectivity index (χ1v) is 5.90. The molecular formula is C13H12N4O3. The van der Waals surface area contributed by atoms with Gasteiger partial charge in [0, 0.05) is 19.4 Å². The van der Waals surface area contributed by atoms with Crippen molar-refractivity contribution in [3.8, 4) is 17.6 Å². The summed E-state index contributed by atoms with van der Waals surface area (Å²) in [6.07, 6.45) is 3.27. The monoisotopic (exact) mass is 272 g/mol. The molecule has 0 saturated heterocycles. The number of ether oxygens (including phenoxy) is 1. The topological polar surface area (TPSA) is 101 Å². The number of rotatable bonds is 3. The van der Waals surface area contributed by atoms with Crippen molar-refractivity contribution in [3.63, 3.8) is 0 Å². The van der Waals surface area contributed by atoms with E-state index in [-0.39, 0.29) is 17.7 Å². The highest BCUT2D eigenvalue weighted by Gasteiger charge is 2.19. The largest absolute Gasteiger partial charge is 0.462 e. The van der Waals surface area contributed by atoms with Gasteiger partial charge in [-0.15, -0.1) is 0 Å². The highest BCUT2D eigenvalue weighted by Crippen LogP contribution is 2.16. The average molecular weight is 272 g/mol. The van der Waals surface area contributed by atoms with Gasteiger partial charge in [-0.1, -0.05) is 0 Å². The molecule has 2 aromatic rings. The van der Waals surface area contributed by atoms with E-state index < -0.39 is 11.5 Å². The molecule has 0 unspecified atom stereocenters. The van der Waals surface area contributed by atoms with Gasteiger partial charge in [-0.25, -0.2) is 9.78 Å². The summed E-state index contributed by atoms with van der Waals surface area (Å²) in [5, 5.41) is 8.99. The Kier molecular flexibility index (Phi) is 3.66. The molecule has 0 aliphatic carbocycles. The van der Waals surface area contributed by atoms with Gasteiger partial charge in [0.05, 0.1) is 17.9 Å². The van der Waals surface area contributed by atoms with Crippen LogP contribution in [0.3, 0.4) is 0 Å². The Morgan fingerprint density at radius 2 is 2.35 bits per heavy atom. The first kappa shape index (κ1) is 13.5. The van der Waals surface area contributed by atoms with Crippen molar-refractivity contribution in [2.45, 2.75) is 6.92 Å². The lowest BCUT2D eigenvalue weighted by Gasteiger charge is -2.07. The normalized spacial score (nSPS) is 10.1. The van der Waals surface area contributed by atoms with Crippen molar-refractivity contribution < 1.29 is 9.53 Å². The zero-order valence-corrected chi connectivity index (χ0v) is 11.0. The first-order valence-electron chi connectivity index (χ1n) is 5.90. The summed E-state index contributed by atoms with van der Waals surface area (Å²) in [6.45, 7) is 1.81. The molecule has 1 N–H and O–H groups in total. The lowest BCUT2D eigenvalue weighted by atomic mass is 10.1. The number of nitriles is 1. The highest BCUT2D eigenvalue weighted by molar-refractivity contribution is 5.93. The lowest BCUT2D eigenvalue weighted by Crippen LogP contribution is -2.19. The SMILES string of the molecule is CCOC(=O)c1cc(-c2nccn2C)[nH]c(=O)c1C#N. The number of carbonyl (C=O) groups is 1.